The molecular formula is C30H36F2N6O8S. The van der Waals surface area contributed by atoms with Crippen molar-refractivity contribution in [3.05, 3.63) is 30.5 Å². The summed E-state index contributed by atoms with van der Waals surface area (Å²) >= 11 is 0. The van der Waals surface area contributed by atoms with Crippen molar-refractivity contribution in [3.63, 3.8) is 0 Å². The molecular weight excluding hydrogens is 642 g/mol. The molecule has 6 rings (SSSR count). The maximum Gasteiger partial charge on any atom is 0.405 e. The lowest BCUT2D eigenvalue weighted by atomic mass is 10.00. The van der Waals surface area contributed by atoms with Crippen LogP contribution in [0.4, 0.5) is 13.6 Å². The van der Waals surface area contributed by atoms with Crippen molar-refractivity contribution in [2.45, 2.75) is 99.1 Å². The number of sulfonamides is 1. The van der Waals surface area contributed by atoms with Crippen molar-refractivity contribution in [2.75, 3.05) is 6.54 Å². The molecule has 254 valence electrons. The molecule has 1 aromatic heterocycles. The molecule has 2 saturated heterocycles. The first-order valence-electron chi connectivity index (χ1n) is 15.7. The van der Waals surface area contributed by atoms with E-state index in [2.05, 4.69) is 20.6 Å². The van der Waals surface area contributed by atoms with Gasteiger partial charge in [-0.3, -0.25) is 19.1 Å². The standard InChI is InChI=1S/C30H36F2N6O8S/c31-29(32)11-5-1-2-8-22(35-28(42)43)26(40)38-16-18(46-24-15-33-20-6-3-4-7-21(20)34-24)12-23(38)25(39)36-30(14-17(30)13-29)27(41)37-47(44,45)19-9-10-19/h3-4,6-7,15,17-19,22-23,35H,1-2,5,8-14,16H2,(H,36,39)(H,37,41)(H,42,43). The Morgan fingerprint density at radius 2 is 1.81 bits per heavy atom. The van der Waals surface area contributed by atoms with Crippen LogP contribution in [0.2, 0.25) is 0 Å². The average Bonchev–Trinajstić information content (AvgIpc) is 3.93. The third kappa shape index (κ3) is 7.23. The van der Waals surface area contributed by atoms with E-state index in [-0.39, 0.29) is 50.9 Å². The van der Waals surface area contributed by atoms with Crippen molar-refractivity contribution in [1.82, 2.24) is 30.2 Å². The van der Waals surface area contributed by atoms with Crippen molar-refractivity contribution < 1.29 is 46.2 Å². The monoisotopic (exact) mass is 678 g/mol. The normalized spacial score (nSPS) is 29.8. The van der Waals surface area contributed by atoms with Gasteiger partial charge in [0, 0.05) is 19.3 Å². The van der Waals surface area contributed by atoms with Crippen LogP contribution >= 0.6 is 0 Å². The lowest BCUT2D eigenvalue weighted by Gasteiger charge is -2.29. The summed E-state index contributed by atoms with van der Waals surface area (Å²) in [6.45, 7) is -0.153. The summed E-state index contributed by atoms with van der Waals surface area (Å²) in [4.78, 5) is 62.8. The van der Waals surface area contributed by atoms with E-state index in [1.54, 1.807) is 24.3 Å². The van der Waals surface area contributed by atoms with Gasteiger partial charge in [-0.2, -0.15) is 0 Å². The summed E-state index contributed by atoms with van der Waals surface area (Å²) in [6, 6.07) is 4.49. The van der Waals surface area contributed by atoms with Gasteiger partial charge in [-0.1, -0.05) is 25.0 Å². The minimum Gasteiger partial charge on any atom is -0.471 e. The quantitative estimate of drug-likeness (QED) is 0.351. The smallest absolute Gasteiger partial charge is 0.405 e. The summed E-state index contributed by atoms with van der Waals surface area (Å²) < 4.78 is 63.4. The Hall–Kier alpha value is -4.15. The van der Waals surface area contributed by atoms with Crippen molar-refractivity contribution in [1.29, 1.82) is 0 Å². The Kier molecular flexibility index (Phi) is 8.69. The van der Waals surface area contributed by atoms with Gasteiger partial charge in [0.25, 0.3) is 5.91 Å². The Labute approximate surface area is 269 Å². The fraction of sp³-hybridized carbons (Fsp3) is 0.600. The number of amides is 4. The molecule has 2 aliphatic heterocycles. The number of ether oxygens (including phenoxy) is 1. The SMILES string of the molecule is O=C(O)NC1CCCCCC(F)(F)CC2CC2(C(=O)NS(=O)(=O)C2CC2)NC(=O)C2CC(Oc3cnc4ccccc4n3)CN2C1=O. The van der Waals surface area contributed by atoms with E-state index in [1.807, 2.05) is 4.72 Å². The van der Waals surface area contributed by atoms with E-state index >= 15 is 8.78 Å². The predicted molar refractivity (Wildman–Crippen MR) is 161 cm³/mol. The number of para-hydroxylation sites is 2. The van der Waals surface area contributed by atoms with Crippen LogP contribution in [0, 0.1) is 5.92 Å². The minimum atomic E-state index is -4.06. The lowest BCUT2D eigenvalue weighted by molar-refractivity contribution is -0.141. The molecule has 47 heavy (non-hydrogen) atoms. The zero-order chi connectivity index (χ0) is 33.6. The van der Waals surface area contributed by atoms with Gasteiger partial charge in [0.15, 0.2) is 0 Å². The number of nitrogens with one attached hydrogen (secondary N) is 3. The molecule has 0 bridgehead atoms. The number of nitrogens with zero attached hydrogens (tertiary/aromatic N) is 3. The van der Waals surface area contributed by atoms with Crippen LogP contribution in [-0.2, 0) is 24.4 Å². The number of aromatic nitrogens is 2. The van der Waals surface area contributed by atoms with E-state index < -0.39 is 87.5 Å². The van der Waals surface area contributed by atoms with Crippen LogP contribution < -0.4 is 20.1 Å². The average molecular weight is 679 g/mol. The van der Waals surface area contributed by atoms with Crippen LogP contribution in [0.3, 0.4) is 0 Å². The molecule has 4 fully saturated rings. The van der Waals surface area contributed by atoms with E-state index in [1.165, 1.54) is 6.20 Å². The highest BCUT2D eigenvalue weighted by Gasteiger charge is 2.65. The molecule has 2 saturated carbocycles. The number of carboxylic acid groups (broad SMARTS) is 1. The minimum absolute atomic E-state index is 0.0111. The van der Waals surface area contributed by atoms with Gasteiger partial charge >= 0.3 is 6.09 Å². The molecule has 4 aliphatic rings. The maximum absolute atomic E-state index is 15.1. The third-order valence-electron chi connectivity index (χ3n) is 9.29. The molecule has 2 aliphatic carbocycles. The van der Waals surface area contributed by atoms with Gasteiger partial charge in [-0.05, 0) is 50.2 Å². The highest BCUT2D eigenvalue weighted by atomic mass is 32.2. The van der Waals surface area contributed by atoms with Gasteiger partial charge in [-0.25, -0.2) is 32.0 Å². The van der Waals surface area contributed by atoms with E-state index in [9.17, 15) is 32.7 Å². The van der Waals surface area contributed by atoms with Crippen molar-refractivity contribution in [3.8, 4) is 5.88 Å². The molecule has 0 spiro atoms. The van der Waals surface area contributed by atoms with Crippen LogP contribution in [0.1, 0.15) is 64.2 Å². The maximum atomic E-state index is 15.1. The number of halogens is 2. The van der Waals surface area contributed by atoms with Crippen LogP contribution in [0.25, 0.3) is 11.0 Å². The first-order chi connectivity index (χ1) is 22.3. The molecule has 1 aromatic carbocycles. The molecule has 3 heterocycles. The number of benzene rings is 1. The van der Waals surface area contributed by atoms with Crippen molar-refractivity contribution in [2.24, 2.45) is 5.92 Å². The molecule has 5 atom stereocenters. The summed E-state index contributed by atoms with van der Waals surface area (Å²) in [5, 5.41) is 13.4. The largest absolute Gasteiger partial charge is 0.471 e. The second-order valence-electron chi connectivity index (χ2n) is 12.9. The summed E-state index contributed by atoms with van der Waals surface area (Å²) in [6.07, 6.45) is -1.13. The lowest BCUT2D eigenvalue weighted by Crippen LogP contribution is -2.58. The Bertz CT molecular complexity index is 1690. The Morgan fingerprint density at radius 3 is 2.53 bits per heavy atom. The number of carbonyl (C=O) groups excluding carboxylic acids is 3. The van der Waals surface area contributed by atoms with Crippen molar-refractivity contribution >= 4 is 44.9 Å². The third-order valence-corrected chi connectivity index (χ3v) is 11.1. The van der Waals surface area contributed by atoms with Crippen LogP contribution in [0.15, 0.2) is 30.5 Å². The fourth-order valence-electron chi connectivity index (χ4n) is 6.57. The predicted octanol–water partition coefficient (Wildman–Crippen LogP) is 2.09. The van der Waals surface area contributed by atoms with Gasteiger partial charge in [0.05, 0.1) is 29.0 Å². The van der Waals surface area contributed by atoms with Gasteiger partial charge in [0.2, 0.25) is 33.6 Å². The molecule has 14 nitrogen and oxygen atoms in total. The number of alkyl halides is 2. The van der Waals surface area contributed by atoms with E-state index in [0.717, 1.165) is 4.90 Å². The molecule has 0 radical (unpaired) electrons. The zero-order valence-electron chi connectivity index (χ0n) is 25.4. The number of hydrogen-bond donors (Lipinski definition) is 4. The fourth-order valence-corrected chi connectivity index (χ4v) is 7.93. The number of carbonyl (C=O) groups is 4. The van der Waals surface area contributed by atoms with Gasteiger partial charge in [-0.15, -0.1) is 0 Å². The van der Waals surface area contributed by atoms with Crippen LogP contribution in [0.5, 0.6) is 5.88 Å². The van der Waals surface area contributed by atoms with E-state index in [4.69, 9.17) is 4.74 Å². The van der Waals surface area contributed by atoms with Gasteiger partial charge in [0.1, 0.15) is 23.7 Å². The highest BCUT2D eigenvalue weighted by molar-refractivity contribution is 7.91. The summed E-state index contributed by atoms with van der Waals surface area (Å²) in [7, 11) is -4.06. The molecule has 5 unspecified atom stereocenters. The molecule has 4 N–H and O–H groups in total. The van der Waals surface area contributed by atoms with Crippen LogP contribution in [-0.4, -0.2) is 93.7 Å². The number of fused-ring (bicyclic) bond motifs is 3. The molecule has 17 heteroatoms. The first kappa shape index (κ1) is 32.8. The first-order valence-corrected chi connectivity index (χ1v) is 17.3. The van der Waals surface area contributed by atoms with E-state index in [0.29, 0.717) is 23.9 Å². The topological polar surface area (TPSA) is 197 Å². The Morgan fingerprint density at radius 1 is 1.06 bits per heavy atom. The molecule has 2 aromatic rings. The summed E-state index contributed by atoms with van der Waals surface area (Å²) in [5.41, 5.74) is -0.769. The highest BCUT2D eigenvalue weighted by Crippen LogP contribution is 2.51. The van der Waals surface area contributed by atoms with Gasteiger partial charge < -0.3 is 25.4 Å². The Balaban J connectivity index is 1.30. The number of rotatable bonds is 6. The molecule has 4 amide bonds. The second-order valence-corrected chi connectivity index (χ2v) is 14.8. The summed E-state index contributed by atoms with van der Waals surface area (Å²) in [5.74, 6) is -6.82. The number of hydrogen-bond acceptors (Lipinski definition) is 9. The second kappa shape index (κ2) is 12.5. The zero-order valence-corrected chi connectivity index (χ0v) is 26.2.